The number of hydrogen-bond acceptors (Lipinski definition) is 4. The molecule has 1 atom stereocenters. The minimum absolute atomic E-state index is 0.521. The number of aryl methyl sites for hydroxylation is 1. The van der Waals surface area contributed by atoms with Crippen molar-refractivity contribution in [3.05, 3.63) is 58.2 Å². The summed E-state index contributed by atoms with van der Waals surface area (Å²) in [5.74, 6) is 0. The first kappa shape index (κ1) is 12.3. The van der Waals surface area contributed by atoms with Crippen molar-refractivity contribution < 1.29 is 5.11 Å². The van der Waals surface area contributed by atoms with Crippen molar-refractivity contribution in [2.45, 2.75) is 19.4 Å². The van der Waals surface area contributed by atoms with E-state index in [1.54, 1.807) is 16.8 Å². The van der Waals surface area contributed by atoms with Crippen LogP contribution in [0.5, 0.6) is 0 Å². The fourth-order valence-electron chi connectivity index (χ4n) is 2.26. The van der Waals surface area contributed by atoms with Crippen molar-refractivity contribution in [1.29, 1.82) is 0 Å². The molecule has 3 rings (SSSR count). The second-order valence-corrected chi connectivity index (χ2v) is 5.53. The maximum absolute atomic E-state index is 10.5. The zero-order valence-corrected chi connectivity index (χ0v) is 11.4. The van der Waals surface area contributed by atoms with Crippen molar-refractivity contribution in [3.63, 3.8) is 0 Å². The summed E-state index contributed by atoms with van der Waals surface area (Å²) in [6, 6.07) is 9.89. The van der Waals surface area contributed by atoms with Gasteiger partial charge >= 0.3 is 0 Å². The van der Waals surface area contributed by atoms with Gasteiger partial charge in [-0.15, -0.1) is 11.3 Å². The Balaban J connectivity index is 2.03. The molecule has 1 aromatic carbocycles. The number of benzene rings is 1. The molecule has 96 valence electrons. The van der Waals surface area contributed by atoms with E-state index in [-0.39, 0.29) is 0 Å². The fourth-order valence-corrected chi connectivity index (χ4v) is 2.89. The Morgan fingerprint density at radius 3 is 2.95 bits per heavy atom. The molecule has 0 saturated carbocycles. The molecule has 0 saturated heterocycles. The lowest BCUT2D eigenvalue weighted by atomic mass is 10.0. The van der Waals surface area contributed by atoms with E-state index in [0.29, 0.717) is 6.42 Å². The topological polar surface area (TPSA) is 46.0 Å². The average molecular weight is 270 g/mol. The highest BCUT2D eigenvalue weighted by atomic mass is 32.1. The predicted molar refractivity (Wildman–Crippen MR) is 77.3 cm³/mol. The summed E-state index contributed by atoms with van der Waals surface area (Å²) < 4.78 is 0. The van der Waals surface area contributed by atoms with Gasteiger partial charge in [0.2, 0.25) is 0 Å². The third kappa shape index (κ3) is 2.50. The number of aliphatic hydroxyl groups is 1. The van der Waals surface area contributed by atoms with E-state index in [4.69, 9.17) is 0 Å². The monoisotopic (exact) mass is 270 g/mol. The van der Waals surface area contributed by atoms with Crippen LogP contribution >= 0.6 is 11.3 Å². The molecule has 0 amide bonds. The lowest BCUT2D eigenvalue weighted by Crippen LogP contribution is -2.03. The summed E-state index contributed by atoms with van der Waals surface area (Å²) in [5.41, 5.74) is 4.59. The normalized spacial score (nSPS) is 12.7. The molecule has 3 nitrogen and oxygen atoms in total. The van der Waals surface area contributed by atoms with E-state index in [1.807, 2.05) is 43.5 Å². The SMILES string of the molecule is Cc1cc(C(O)Cc2cncs2)c2ccccc2n1. The van der Waals surface area contributed by atoms with Crippen LogP contribution in [0.15, 0.2) is 42.0 Å². The van der Waals surface area contributed by atoms with Gasteiger partial charge in [0, 0.05) is 28.6 Å². The quantitative estimate of drug-likeness (QED) is 0.794. The molecule has 0 aliphatic rings. The minimum Gasteiger partial charge on any atom is -0.388 e. The van der Waals surface area contributed by atoms with E-state index in [1.165, 1.54) is 0 Å². The van der Waals surface area contributed by atoms with Crippen LogP contribution in [0.25, 0.3) is 10.9 Å². The molecular formula is C15H14N2OS. The van der Waals surface area contributed by atoms with E-state index < -0.39 is 6.10 Å². The number of rotatable bonds is 3. The highest BCUT2D eigenvalue weighted by Gasteiger charge is 2.14. The number of hydrogen-bond donors (Lipinski definition) is 1. The second kappa shape index (κ2) is 5.07. The average Bonchev–Trinajstić information content (AvgIpc) is 2.90. The number of aliphatic hydroxyl groups excluding tert-OH is 1. The maximum atomic E-state index is 10.5. The first-order valence-corrected chi connectivity index (χ1v) is 7.04. The summed E-state index contributed by atoms with van der Waals surface area (Å²) in [6.45, 7) is 1.95. The lowest BCUT2D eigenvalue weighted by molar-refractivity contribution is 0.181. The standard InChI is InChI=1S/C15H14N2OS/c1-10-6-13(12-4-2-3-5-14(12)17-10)15(18)7-11-8-16-9-19-11/h2-6,8-9,15,18H,7H2,1H3. The molecule has 19 heavy (non-hydrogen) atoms. The third-order valence-corrected chi connectivity index (χ3v) is 3.92. The molecule has 1 N–H and O–H groups in total. The summed E-state index contributed by atoms with van der Waals surface area (Å²) in [7, 11) is 0. The minimum atomic E-state index is -0.521. The van der Waals surface area contributed by atoms with Crippen LogP contribution in [0.1, 0.15) is 22.2 Å². The Hall–Kier alpha value is -1.78. The Bertz CT molecular complexity index is 694. The predicted octanol–water partition coefficient (Wildman–Crippen LogP) is 3.28. The zero-order chi connectivity index (χ0) is 13.2. The van der Waals surface area contributed by atoms with Crippen LogP contribution in [-0.2, 0) is 6.42 Å². The third-order valence-electron chi connectivity index (χ3n) is 3.11. The van der Waals surface area contributed by atoms with Gasteiger partial charge in [0.15, 0.2) is 0 Å². The van der Waals surface area contributed by atoms with Crippen molar-refractivity contribution in [2.24, 2.45) is 0 Å². The Labute approximate surface area is 115 Å². The van der Waals surface area contributed by atoms with Crippen LogP contribution in [0.2, 0.25) is 0 Å². The smallest absolute Gasteiger partial charge is 0.0846 e. The Morgan fingerprint density at radius 1 is 1.32 bits per heavy atom. The highest BCUT2D eigenvalue weighted by Crippen LogP contribution is 2.27. The fraction of sp³-hybridized carbons (Fsp3) is 0.200. The zero-order valence-electron chi connectivity index (χ0n) is 10.6. The summed E-state index contributed by atoms with van der Waals surface area (Å²) >= 11 is 1.57. The number of aromatic nitrogens is 2. The summed E-state index contributed by atoms with van der Waals surface area (Å²) in [6.07, 6.45) is 1.88. The van der Waals surface area contributed by atoms with Gasteiger partial charge < -0.3 is 5.11 Å². The van der Waals surface area contributed by atoms with Gasteiger partial charge in [-0.25, -0.2) is 0 Å². The van der Waals surface area contributed by atoms with Gasteiger partial charge in [0.1, 0.15) is 0 Å². The molecule has 0 fully saturated rings. The first-order valence-electron chi connectivity index (χ1n) is 6.16. The van der Waals surface area contributed by atoms with E-state index in [9.17, 15) is 5.11 Å². The van der Waals surface area contributed by atoms with Gasteiger partial charge in [-0.1, -0.05) is 18.2 Å². The molecule has 2 aromatic heterocycles. The number of thiazole rings is 1. The van der Waals surface area contributed by atoms with Gasteiger partial charge in [0.25, 0.3) is 0 Å². The molecule has 2 heterocycles. The van der Waals surface area contributed by atoms with Crippen molar-refractivity contribution in [1.82, 2.24) is 9.97 Å². The first-order chi connectivity index (χ1) is 9.24. The molecule has 4 heteroatoms. The Kier molecular flexibility index (Phi) is 3.27. The molecule has 3 aromatic rings. The molecule has 0 spiro atoms. The van der Waals surface area contributed by atoms with Crippen molar-refractivity contribution in [2.75, 3.05) is 0 Å². The van der Waals surface area contributed by atoms with Gasteiger partial charge in [-0.3, -0.25) is 9.97 Å². The number of pyridine rings is 1. The lowest BCUT2D eigenvalue weighted by Gasteiger charge is -2.13. The van der Waals surface area contributed by atoms with Gasteiger partial charge in [0.05, 0.1) is 17.1 Å². The summed E-state index contributed by atoms with van der Waals surface area (Å²) in [5, 5.41) is 11.5. The van der Waals surface area contributed by atoms with Crippen LogP contribution in [0.3, 0.4) is 0 Å². The molecule has 0 bridgehead atoms. The number of fused-ring (bicyclic) bond motifs is 1. The van der Waals surface area contributed by atoms with Crippen LogP contribution in [0, 0.1) is 6.92 Å². The largest absolute Gasteiger partial charge is 0.388 e. The number of nitrogens with zero attached hydrogens (tertiary/aromatic N) is 2. The van der Waals surface area contributed by atoms with Crippen LogP contribution in [0.4, 0.5) is 0 Å². The molecule has 0 radical (unpaired) electrons. The van der Waals surface area contributed by atoms with Gasteiger partial charge in [-0.05, 0) is 24.6 Å². The van der Waals surface area contributed by atoms with Crippen molar-refractivity contribution >= 4 is 22.2 Å². The van der Waals surface area contributed by atoms with E-state index in [0.717, 1.165) is 27.0 Å². The second-order valence-electron chi connectivity index (χ2n) is 4.56. The van der Waals surface area contributed by atoms with Crippen LogP contribution < -0.4 is 0 Å². The van der Waals surface area contributed by atoms with E-state index >= 15 is 0 Å². The molecule has 0 aliphatic heterocycles. The molecule has 1 unspecified atom stereocenters. The van der Waals surface area contributed by atoms with E-state index in [2.05, 4.69) is 9.97 Å². The summed E-state index contributed by atoms with van der Waals surface area (Å²) in [4.78, 5) is 9.63. The van der Waals surface area contributed by atoms with Crippen LogP contribution in [-0.4, -0.2) is 15.1 Å². The van der Waals surface area contributed by atoms with Crippen molar-refractivity contribution in [3.8, 4) is 0 Å². The molecular weight excluding hydrogens is 256 g/mol. The number of para-hydroxylation sites is 1. The maximum Gasteiger partial charge on any atom is 0.0846 e. The Morgan fingerprint density at radius 2 is 2.16 bits per heavy atom. The van der Waals surface area contributed by atoms with Gasteiger partial charge in [-0.2, -0.15) is 0 Å². The molecule has 0 aliphatic carbocycles. The highest BCUT2D eigenvalue weighted by molar-refractivity contribution is 7.09.